The van der Waals surface area contributed by atoms with Gasteiger partial charge in [0.1, 0.15) is 18.4 Å². The van der Waals surface area contributed by atoms with Crippen molar-refractivity contribution in [3.05, 3.63) is 30.7 Å². The Bertz CT molecular complexity index is 994. The molecule has 0 bridgehead atoms. The normalized spacial score (nSPS) is 22.6. The molecule has 1 atom stereocenters. The van der Waals surface area contributed by atoms with E-state index >= 15 is 0 Å². The molecule has 1 unspecified atom stereocenters. The highest BCUT2D eigenvalue weighted by atomic mass is 16.5. The molecule has 3 aliphatic rings. The Morgan fingerprint density at radius 2 is 2.14 bits per heavy atom. The molecule has 0 saturated carbocycles. The second-order valence-electron chi connectivity index (χ2n) is 8.42. The summed E-state index contributed by atoms with van der Waals surface area (Å²) in [6.45, 7) is 6.44. The number of hydrazone groups is 1. The van der Waals surface area contributed by atoms with Crippen LogP contribution < -0.4 is 20.0 Å². The molecule has 1 fully saturated rings. The summed E-state index contributed by atoms with van der Waals surface area (Å²) in [5.74, 6) is 1.33. The third-order valence-electron chi connectivity index (χ3n) is 6.26. The van der Waals surface area contributed by atoms with Gasteiger partial charge in [-0.1, -0.05) is 0 Å². The number of fused-ring (bicyclic) bond motifs is 3. The maximum atomic E-state index is 12.3. The van der Waals surface area contributed by atoms with Crippen LogP contribution in [-0.4, -0.2) is 62.0 Å². The molecule has 0 spiro atoms. The quantitative estimate of drug-likeness (QED) is 0.858. The molecule has 1 aromatic heterocycles. The Morgan fingerprint density at radius 3 is 2.83 bits per heavy atom. The lowest BCUT2D eigenvalue weighted by Gasteiger charge is -2.53. The zero-order valence-electron chi connectivity index (χ0n) is 17.1. The molecule has 8 nitrogen and oxygen atoms in total. The predicted octanol–water partition coefficient (Wildman–Crippen LogP) is 2.12. The van der Waals surface area contributed by atoms with E-state index in [1.165, 1.54) is 0 Å². The van der Waals surface area contributed by atoms with Crippen molar-refractivity contribution in [3.63, 3.8) is 0 Å². The molecule has 1 saturated heterocycles. The first-order valence-corrected chi connectivity index (χ1v) is 9.79. The number of rotatable bonds is 3. The van der Waals surface area contributed by atoms with Gasteiger partial charge in [0.05, 0.1) is 23.8 Å². The van der Waals surface area contributed by atoms with Gasteiger partial charge in [0.15, 0.2) is 5.84 Å². The van der Waals surface area contributed by atoms with E-state index in [0.717, 1.165) is 41.3 Å². The highest BCUT2D eigenvalue weighted by Gasteiger charge is 2.42. The monoisotopic (exact) mass is 395 g/mol. The van der Waals surface area contributed by atoms with Crippen molar-refractivity contribution in [3.8, 4) is 16.9 Å². The molecule has 2 aromatic rings. The molecule has 4 heterocycles. The molecular weight excluding hydrogens is 370 g/mol. The second-order valence-corrected chi connectivity index (χ2v) is 8.42. The van der Waals surface area contributed by atoms with Crippen LogP contribution in [0.2, 0.25) is 0 Å². The van der Waals surface area contributed by atoms with Crippen LogP contribution in [0.1, 0.15) is 13.8 Å². The average molecular weight is 395 g/mol. The van der Waals surface area contributed by atoms with Crippen molar-refractivity contribution in [2.75, 3.05) is 43.6 Å². The van der Waals surface area contributed by atoms with E-state index in [-0.39, 0.29) is 17.5 Å². The fourth-order valence-corrected chi connectivity index (χ4v) is 4.61. The van der Waals surface area contributed by atoms with Crippen molar-refractivity contribution in [1.29, 1.82) is 0 Å². The molecule has 1 N–H and O–H groups in total. The van der Waals surface area contributed by atoms with Crippen LogP contribution in [0.3, 0.4) is 0 Å². The fraction of sp³-hybridized carbons (Fsp3) is 0.429. The Labute approximate surface area is 169 Å². The topological polar surface area (TPSA) is 73.5 Å². The van der Waals surface area contributed by atoms with E-state index < -0.39 is 0 Å². The summed E-state index contributed by atoms with van der Waals surface area (Å²) in [6.07, 6.45) is 3.43. The summed E-state index contributed by atoms with van der Waals surface area (Å²) < 4.78 is 11.4. The van der Waals surface area contributed by atoms with Gasteiger partial charge in [-0.3, -0.25) is 4.79 Å². The first kappa shape index (κ1) is 18.1. The van der Waals surface area contributed by atoms with E-state index in [2.05, 4.69) is 47.4 Å². The molecule has 1 amide bonds. The molecular formula is C21H25N5O3. The van der Waals surface area contributed by atoms with Gasteiger partial charge in [-0.25, -0.2) is 5.43 Å². The summed E-state index contributed by atoms with van der Waals surface area (Å²) in [6, 6.07) is 5.77. The molecule has 5 rings (SSSR count). The number of benzene rings is 1. The summed E-state index contributed by atoms with van der Waals surface area (Å²) in [7, 11) is 4.26. The van der Waals surface area contributed by atoms with Gasteiger partial charge in [-0.05, 0) is 39.1 Å². The smallest absolute Gasteiger partial charge is 0.262 e. The van der Waals surface area contributed by atoms with Crippen molar-refractivity contribution >= 4 is 23.1 Å². The number of ether oxygens (including phenoxy) is 1. The van der Waals surface area contributed by atoms with E-state index in [1.54, 1.807) is 12.5 Å². The van der Waals surface area contributed by atoms with Crippen LogP contribution in [0.15, 0.2) is 40.2 Å². The highest BCUT2D eigenvalue weighted by Crippen LogP contribution is 2.45. The van der Waals surface area contributed by atoms with Crippen molar-refractivity contribution in [2.24, 2.45) is 5.10 Å². The van der Waals surface area contributed by atoms with Gasteiger partial charge in [0.2, 0.25) is 0 Å². The number of nitrogens with zero attached hydrogens (tertiary/aromatic N) is 4. The minimum atomic E-state index is -0.353. The van der Waals surface area contributed by atoms with Gasteiger partial charge < -0.3 is 23.9 Å². The molecule has 0 radical (unpaired) electrons. The van der Waals surface area contributed by atoms with E-state index in [1.807, 2.05) is 24.0 Å². The van der Waals surface area contributed by atoms with Crippen molar-refractivity contribution < 1.29 is 13.9 Å². The first-order valence-electron chi connectivity index (χ1n) is 9.79. The number of carbonyl (C=O) groups excluding carboxylic acids is 1. The van der Waals surface area contributed by atoms with Crippen molar-refractivity contribution in [2.45, 2.75) is 25.4 Å². The number of nitrogens with one attached hydrogen (secondary N) is 1. The summed E-state index contributed by atoms with van der Waals surface area (Å²) in [5.41, 5.74) is 6.59. The first-order chi connectivity index (χ1) is 13.9. The summed E-state index contributed by atoms with van der Waals surface area (Å²) >= 11 is 0. The minimum absolute atomic E-state index is 0.0266. The third-order valence-corrected chi connectivity index (χ3v) is 6.26. The molecule has 8 heteroatoms. The lowest BCUT2D eigenvalue weighted by molar-refractivity contribution is -0.122. The minimum Gasteiger partial charge on any atom is -0.483 e. The van der Waals surface area contributed by atoms with Gasteiger partial charge >= 0.3 is 0 Å². The maximum Gasteiger partial charge on any atom is 0.262 e. The van der Waals surface area contributed by atoms with Crippen LogP contribution in [0, 0.1) is 0 Å². The number of likely N-dealkylation sites (N-methyl/N-ethyl adjacent to an activating group) is 2. The van der Waals surface area contributed by atoms with Crippen LogP contribution in [0.5, 0.6) is 5.75 Å². The largest absolute Gasteiger partial charge is 0.483 e. The number of likely N-dealkylation sites (tertiary alicyclic amines) is 1. The third kappa shape index (κ3) is 2.70. The SMILES string of the molecule is CC1C(=O)NN=C2COc3cc(-c4ccoc4)c(N(C)C4(C)CN(C)C4)cc3N21. The van der Waals surface area contributed by atoms with Crippen molar-refractivity contribution in [1.82, 2.24) is 10.3 Å². The zero-order chi connectivity index (χ0) is 20.3. The average Bonchev–Trinajstić information content (AvgIpc) is 3.22. The van der Waals surface area contributed by atoms with Crippen LogP contribution in [0.4, 0.5) is 11.4 Å². The predicted molar refractivity (Wildman–Crippen MR) is 111 cm³/mol. The van der Waals surface area contributed by atoms with E-state index in [0.29, 0.717) is 12.4 Å². The number of hydrogen-bond acceptors (Lipinski definition) is 7. The lowest BCUT2D eigenvalue weighted by atomic mass is 9.89. The van der Waals surface area contributed by atoms with Gasteiger partial charge in [0, 0.05) is 37.0 Å². The molecule has 3 aliphatic heterocycles. The van der Waals surface area contributed by atoms with Gasteiger partial charge in [0.25, 0.3) is 5.91 Å². The molecule has 0 aliphatic carbocycles. The number of anilines is 2. The highest BCUT2D eigenvalue weighted by molar-refractivity contribution is 6.10. The number of amides is 1. The number of hydrogen-bond donors (Lipinski definition) is 1. The van der Waals surface area contributed by atoms with Gasteiger partial charge in [-0.15, -0.1) is 0 Å². The molecule has 152 valence electrons. The van der Waals surface area contributed by atoms with E-state index in [9.17, 15) is 4.79 Å². The Balaban J connectivity index is 1.66. The summed E-state index contributed by atoms with van der Waals surface area (Å²) in [4.78, 5) is 18.9. The standard InChI is InChI=1S/C21H25N5O3/c1-13-20(27)23-22-19-10-29-18-7-15(14-5-6-28-9-14)16(8-17(18)26(13)19)25(4)21(2)11-24(3)12-21/h5-9,13H,10-12H2,1-4H3,(H,23,27). The number of furan rings is 1. The van der Waals surface area contributed by atoms with Gasteiger partial charge in [-0.2, -0.15) is 5.10 Å². The van der Waals surface area contributed by atoms with Crippen LogP contribution >= 0.6 is 0 Å². The Hall–Kier alpha value is -3.00. The maximum absolute atomic E-state index is 12.3. The Kier molecular flexibility index (Phi) is 3.89. The van der Waals surface area contributed by atoms with E-state index in [4.69, 9.17) is 9.15 Å². The summed E-state index contributed by atoms with van der Waals surface area (Å²) in [5, 5.41) is 4.20. The van der Waals surface area contributed by atoms with Crippen LogP contribution in [0.25, 0.3) is 11.1 Å². The van der Waals surface area contributed by atoms with Crippen LogP contribution in [-0.2, 0) is 4.79 Å². The lowest BCUT2D eigenvalue weighted by Crippen LogP contribution is -2.66. The second kappa shape index (κ2) is 6.25. The number of amidine groups is 1. The molecule has 1 aromatic carbocycles. The number of carbonyl (C=O) groups is 1. The molecule has 29 heavy (non-hydrogen) atoms. The fourth-order valence-electron chi connectivity index (χ4n) is 4.61. The zero-order valence-corrected chi connectivity index (χ0v) is 17.1. The Morgan fingerprint density at radius 1 is 1.34 bits per heavy atom.